The number of rotatable bonds is 16. The molecule has 0 fully saturated rings. The Morgan fingerprint density at radius 3 is 1.76 bits per heavy atom. The van der Waals surface area contributed by atoms with Gasteiger partial charge < -0.3 is 19.5 Å². The van der Waals surface area contributed by atoms with E-state index in [1.807, 2.05) is 27.7 Å². The molecule has 0 unspecified atom stereocenters. The molecule has 0 heterocycles. The number of nitrogens with one attached hydrogen (secondary N) is 1. The molecular weight excluding hydrogens is 318 g/mol. The molecule has 0 aliphatic heterocycles. The molecule has 0 aliphatic rings. The molecule has 0 aliphatic carbocycles. The highest BCUT2D eigenvalue weighted by molar-refractivity contribution is 5.77. The largest absolute Gasteiger partial charge is 0.379 e. The van der Waals surface area contributed by atoms with Gasteiger partial charge in [0.2, 0.25) is 5.91 Å². The van der Waals surface area contributed by atoms with Crippen molar-refractivity contribution in [2.24, 2.45) is 0 Å². The molecule has 0 bridgehead atoms. The van der Waals surface area contributed by atoms with Gasteiger partial charge in [0.25, 0.3) is 0 Å². The van der Waals surface area contributed by atoms with E-state index in [0.29, 0.717) is 19.8 Å². The molecule has 0 aromatic heterocycles. The van der Waals surface area contributed by atoms with Gasteiger partial charge in [-0.1, -0.05) is 53.9 Å². The Morgan fingerprint density at radius 1 is 0.760 bits per heavy atom. The number of methoxy groups -OCH3 is 1. The van der Waals surface area contributed by atoms with Crippen molar-refractivity contribution < 1.29 is 19.0 Å². The van der Waals surface area contributed by atoms with Gasteiger partial charge in [0.05, 0.1) is 13.2 Å². The van der Waals surface area contributed by atoms with Crippen LogP contribution in [0.4, 0.5) is 0 Å². The summed E-state index contributed by atoms with van der Waals surface area (Å²) in [6.07, 6.45) is 8.04. The SMILES string of the molecule is CC.CC.CCCCCCOCCOCCCCCNC(=O)COC. The van der Waals surface area contributed by atoms with E-state index in [2.05, 4.69) is 12.2 Å². The van der Waals surface area contributed by atoms with E-state index in [4.69, 9.17) is 14.2 Å². The molecule has 0 rings (SSSR count). The summed E-state index contributed by atoms with van der Waals surface area (Å²) in [4.78, 5) is 11.1. The predicted octanol–water partition coefficient (Wildman–Crippen LogP) is 4.59. The average Bonchev–Trinajstić information content (AvgIpc) is 2.65. The van der Waals surface area contributed by atoms with Crippen molar-refractivity contribution in [3.63, 3.8) is 0 Å². The molecule has 154 valence electrons. The molecule has 0 radical (unpaired) electrons. The molecule has 1 N–H and O–H groups in total. The summed E-state index contributed by atoms with van der Waals surface area (Å²) in [5.74, 6) is -0.0511. The minimum Gasteiger partial charge on any atom is -0.379 e. The Balaban J connectivity index is -0.00000112. The Labute approximate surface area is 157 Å². The van der Waals surface area contributed by atoms with Crippen LogP contribution in [0.1, 0.15) is 79.6 Å². The summed E-state index contributed by atoms with van der Waals surface area (Å²) in [6.45, 7) is 14.1. The fraction of sp³-hybridized carbons (Fsp3) is 0.950. The minimum absolute atomic E-state index is 0.0511. The monoisotopic (exact) mass is 363 g/mol. The Kier molecular flexibility index (Phi) is 36.3. The lowest BCUT2D eigenvalue weighted by atomic mass is 10.2. The van der Waals surface area contributed by atoms with Crippen molar-refractivity contribution >= 4 is 5.91 Å². The highest BCUT2D eigenvalue weighted by Gasteiger charge is 1.98. The number of carbonyl (C=O) groups is 1. The number of carbonyl (C=O) groups excluding carboxylic acids is 1. The molecule has 1 amide bonds. The van der Waals surface area contributed by atoms with Gasteiger partial charge >= 0.3 is 0 Å². The predicted molar refractivity (Wildman–Crippen MR) is 107 cm³/mol. The first-order valence-corrected chi connectivity index (χ1v) is 10.2. The van der Waals surface area contributed by atoms with E-state index in [9.17, 15) is 4.79 Å². The van der Waals surface area contributed by atoms with Crippen molar-refractivity contribution in [1.82, 2.24) is 5.32 Å². The standard InChI is InChI=1S/C16H33NO4.2C2H6/c1-3-4-5-8-11-20-13-14-21-12-9-6-7-10-17-16(18)15-19-2;2*1-2/h3-15H2,1-2H3,(H,17,18);2*1-2H3. The summed E-state index contributed by atoms with van der Waals surface area (Å²) >= 11 is 0. The van der Waals surface area contributed by atoms with Crippen LogP contribution in [-0.2, 0) is 19.0 Å². The van der Waals surface area contributed by atoms with Crippen molar-refractivity contribution in [1.29, 1.82) is 0 Å². The summed E-state index contributed by atoms with van der Waals surface area (Å²) in [5.41, 5.74) is 0. The van der Waals surface area contributed by atoms with Gasteiger partial charge in [-0.05, 0) is 25.7 Å². The minimum atomic E-state index is -0.0511. The van der Waals surface area contributed by atoms with Gasteiger partial charge in [0, 0.05) is 26.9 Å². The third-order valence-electron chi connectivity index (χ3n) is 3.08. The molecule has 0 spiro atoms. The van der Waals surface area contributed by atoms with E-state index in [-0.39, 0.29) is 12.5 Å². The zero-order valence-corrected chi connectivity index (χ0v) is 17.8. The molecular formula is C20H45NO4. The summed E-state index contributed by atoms with van der Waals surface area (Å²) in [6, 6.07) is 0. The van der Waals surface area contributed by atoms with Crippen LogP contribution in [0.3, 0.4) is 0 Å². The number of unbranched alkanes of at least 4 members (excludes halogenated alkanes) is 5. The zero-order valence-electron chi connectivity index (χ0n) is 17.8. The molecule has 5 heteroatoms. The van der Waals surface area contributed by atoms with Crippen LogP contribution in [0.25, 0.3) is 0 Å². The fourth-order valence-corrected chi connectivity index (χ4v) is 1.87. The van der Waals surface area contributed by atoms with Crippen LogP contribution in [0.15, 0.2) is 0 Å². The first-order valence-electron chi connectivity index (χ1n) is 10.2. The van der Waals surface area contributed by atoms with Gasteiger partial charge in [-0.25, -0.2) is 0 Å². The molecule has 25 heavy (non-hydrogen) atoms. The lowest BCUT2D eigenvalue weighted by molar-refractivity contribution is -0.124. The number of amides is 1. The van der Waals surface area contributed by atoms with E-state index in [1.54, 1.807) is 0 Å². The van der Waals surface area contributed by atoms with E-state index in [1.165, 1.54) is 26.4 Å². The molecule has 0 aromatic carbocycles. The molecule has 0 aromatic rings. The van der Waals surface area contributed by atoms with Crippen LogP contribution in [0, 0.1) is 0 Å². The maximum Gasteiger partial charge on any atom is 0.245 e. The van der Waals surface area contributed by atoms with Crippen molar-refractivity contribution in [2.75, 3.05) is 46.7 Å². The maximum atomic E-state index is 11.1. The lowest BCUT2D eigenvalue weighted by Gasteiger charge is -2.06. The molecule has 0 saturated heterocycles. The summed E-state index contributed by atoms with van der Waals surface area (Å²) in [5, 5.41) is 2.80. The van der Waals surface area contributed by atoms with Gasteiger partial charge in [0.15, 0.2) is 0 Å². The second kappa shape index (κ2) is 31.2. The van der Waals surface area contributed by atoms with E-state index < -0.39 is 0 Å². The van der Waals surface area contributed by atoms with Crippen LogP contribution < -0.4 is 5.32 Å². The zero-order chi connectivity index (χ0) is 19.6. The second-order valence-corrected chi connectivity index (χ2v) is 5.13. The van der Waals surface area contributed by atoms with Gasteiger partial charge in [-0.3, -0.25) is 4.79 Å². The highest BCUT2D eigenvalue weighted by Crippen LogP contribution is 1.99. The molecule has 0 saturated carbocycles. The first-order chi connectivity index (χ1) is 12.3. The Hall–Kier alpha value is -0.650. The number of hydrogen-bond acceptors (Lipinski definition) is 4. The summed E-state index contributed by atoms with van der Waals surface area (Å²) in [7, 11) is 1.52. The molecule has 0 atom stereocenters. The van der Waals surface area contributed by atoms with Crippen molar-refractivity contribution in [3.05, 3.63) is 0 Å². The highest BCUT2D eigenvalue weighted by atomic mass is 16.5. The normalized spacial score (nSPS) is 9.52. The smallest absolute Gasteiger partial charge is 0.245 e. The summed E-state index contributed by atoms with van der Waals surface area (Å²) < 4.78 is 15.7. The average molecular weight is 364 g/mol. The Morgan fingerprint density at radius 2 is 1.28 bits per heavy atom. The third kappa shape index (κ3) is 31.6. The number of ether oxygens (including phenoxy) is 3. The van der Waals surface area contributed by atoms with Gasteiger partial charge in [-0.15, -0.1) is 0 Å². The van der Waals surface area contributed by atoms with Crippen LogP contribution in [0.5, 0.6) is 0 Å². The lowest BCUT2D eigenvalue weighted by Crippen LogP contribution is -2.27. The molecule has 5 nitrogen and oxygen atoms in total. The van der Waals surface area contributed by atoms with E-state index in [0.717, 1.165) is 38.9 Å². The second-order valence-electron chi connectivity index (χ2n) is 5.13. The Bertz CT molecular complexity index is 226. The van der Waals surface area contributed by atoms with Crippen molar-refractivity contribution in [3.8, 4) is 0 Å². The van der Waals surface area contributed by atoms with Gasteiger partial charge in [-0.2, -0.15) is 0 Å². The quantitative estimate of drug-likeness (QED) is 0.408. The van der Waals surface area contributed by atoms with Crippen LogP contribution in [-0.4, -0.2) is 52.6 Å². The fourth-order valence-electron chi connectivity index (χ4n) is 1.87. The third-order valence-corrected chi connectivity index (χ3v) is 3.08. The topological polar surface area (TPSA) is 56.8 Å². The van der Waals surface area contributed by atoms with Crippen molar-refractivity contribution in [2.45, 2.75) is 79.6 Å². The first kappa shape index (κ1) is 29.1. The van der Waals surface area contributed by atoms with Crippen LogP contribution in [0.2, 0.25) is 0 Å². The van der Waals surface area contributed by atoms with Crippen LogP contribution >= 0.6 is 0 Å². The van der Waals surface area contributed by atoms with E-state index >= 15 is 0 Å². The number of hydrogen-bond donors (Lipinski definition) is 1. The van der Waals surface area contributed by atoms with Gasteiger partial charge in [0.1, 0.15) is 6.61 Å². The maximum absolute atomic E-state index is 11.1.